The number of aromatic nitrogens is 4. The van der Waals surface area contributed by atoms with Gasteiger partial charge in [-0.1, -0.05) is 20.8 Å². The molecule has 114 valence electrons. The zero-order valence-corrected chi connectivity index (χ0v) is 15.4. The minimum Gasteiger partial charge on any atom is -0.369 e. The van der Waals surface area contributed by atoms with Gasteiger partial charge in [0.1, 0.15) is 5.82 Å². The molecule has 2 aromatic heterocycles. The zero-order valence-electron chi connectivity index (χ0n) is 13.2. The first-order chi connectivity index (χ1) is 9.95. The van der Waals surface area contributed by atoms with E-state index in [1.807, 2.05) is 24.9 Å². The molecule has 0 unspecified atom stereocenters. The number of hydrogen-bond donors (Lipinski definition) is 1. The van der Waals surface area contributed by atoms with Crippen LogP contribution in [0.25, 0.3) is 11.4 Å². The van der Waals surface area contributed by atoms with Crippen LogP contribution in [0, 0.1) is 10.5 Å². The second-order valence-electron chi connectivity index (χ2n) is 5.44. The Hall–Kier alpha value is -1.18. The molecule has 0 aliphatic rings. The topological polar surface area (TPSA) is 55.6 Å². The van der Waals surface area contributed by atoms with Crippen molar-refractivity contribution < 1.29 is 0 Å². The first-order valence-corrected chi connectivity index (χ1v) is 8.33. The Morgan fingerprint density at radius 1 is 1.33 bits per heavy atom. The van der Waals surface area contributed by atoms with E-state index in [-0.39, 0.29) is 0 Å². The second-order valence-corrected chi connectivity index (χ2v) is 6.52. The number of nitrogens with one attached hydrogen (secondary N) is 1. The summed E-state index contributed by atoms with van der Waals surface area (Å²) in [6.45, 7) is 9.42. The molecule has 0 amide bonds. The molecule has 1 N–H and O–H groups in total. The molecule has 0 aliphatic carbocycles. The summed E-state index contributed by atoms with van der Waals surface area (Å²) in [4.78, 5) is 9.49. The molecule has 0 bridgehead atoms. The predicted octanol–water partition coefficient (Wildman–Crippen LogP) is 3.74. The van der Waals surface area contributed by atoms with Crippen LogP contribution in [0.2, 0.25) is 0 Å². The minimum absolute atomic E-state index is 0.359. The Balaban J connectivity index is 2.56. The lowest BCUT2D eigenvalue weighted by atomic mass is 10.1. The summed E-state index contributed by atoms with van der Waals surface area (Å²) in [5.41, 5.74) is 3.16. The molecule has 0 aliphatic heterocycles. The van der Waals surface area contributed by atoms with Crippen molar-refractivity contribution in [2.75, 3.05) is 11.9 Å². The molecule has 5 nitrogen and oxygen atoms in total. The highest BCUT2D eigenvalue weighted by Crippen LogP contribution is 2.29. The molecule has 0 saturated heterocycles. The predicted molar refractivity (Wildman–Crippen MR) is 94.6 cm³/mol. The van der Waals surface area contributed by atoms with Crippen molar-refractivity contribution in [3.8, 4) is 11.4 Å². The largest absolute Gasteiger partial charge is 0.369 e. The summed E-state index contributed by atoms with van der Waals surface area (Å²) >= 11 is 2.34. The van der Waals surface area contributed by atoms with E-state index < -0.39 is 0 Å². The van der Waals surface area contributed by atoms with Crippen LogP contribution in [0.5, 0.6) is 0 Å². The summed E-state index contributed by atoms with van der Waals surface area (Å²) in [6, 6.07) is 0. The van der Waals surface area contributed by atoms with Gasteiger partial charge in [-0.2, -0.15) is 5.10 Å². The van der Waals surface area contributed by atoms with Crippen LogP contribution in [0.3, 0.4) is 0 Å². The highest BCUT2D eigenvalue weighted by molar-refractivity contribution is 14.1. The fraction of sp³-hybridized carbons (Fsp3) is 0.533. The maximum atomic E-state index is 4.77. The summed E-state index contributed by atoms with van der Waals surface area (Å²) in [6.07, 6.45) is 2.91. The van der Waals surface area contributed by atoms with Crippen molar-refractivity contribution in [1.82, 2.24) is 19.7 Å². The van der Waals surface area contributed by atoms with Gasteiger partial charge in [0.2, 0.25) is 0 Å². The molecule has 0 spiro atoms. The number of nitrogens with zero attached hydrogens (tertiary/aromatic N) is 4. The molecular formula is C15H22IN5. The third-order valence-electron chi connectivity index (χ3n) is 3.44. The van der Waals surface area contributed by atoms with E-state index in [0.29, 0.717) is 5.92 Å². The first kappa shape index (κ1) is 16.2. The van der Waals surface area contributed by atoms with E-state index in [1.165, 1.54) is 0 Å². The Morgan fingerprint density at radius 2 is 2.05 bits per heavy atom. The Morgan fingerprint density at radius 3 is 2.57 bits per heavy atom. The van der Waals surface area contributed by atoms with E-state index in [9.17, 15) is 0 Å². The van der Waals surface area contributed by atoms with Crippen molar-refractivity contribution >= 4 is 28.4 Å². The van der Waals surface area contributed by atoms with Gasteiger partial charge in [0.25, 0.3) is 0 Å². The highest BCUT2D eigenvalue weighted by Gasteiger charge is 2.17. The molecule has 0 fully saturated rings. The molecule has 0 aromatic carbocycles. The van der Waals surface area contributed by atoms with Gasteiger partial charge >= 0.3 is 0 Å². The van der Waals surface area contributed by atoms with Crippen LogP contribution in [0.4, 0.5) is 5.82 Å². The highest BCUT2D eigenvalue weighted by atomic mass is 127. The number of aryl methyl sites for hydroxylation is 1. The summed E-state index contributed by atoms with van der Waals surface area (Å²) in [5.74, 6) is 2.04. The smallest absolute Gasteiger partial charge is 0.165 e. The Labute approximate surface area is 139 Å². The monoisotopic (exact) mass is 399 g/mol. The van der Waals surface area contributed by atoms with Gasteiger partial charge in [0.05, 0.1) is 21.0 Å². The third-order valence-corrected chi connectivity index (χ3v) is 4.51. The van der Waals surface area contributed by atoms with E-state index >= 15 is 0 Å². The fourth-order valence-electron chi connectivity index (χ4n) is 2.05. The first-order valence-electron chi connectivity index (χ1n) is 7.26. The lowest BCUT2D eigenvalue weighted by Gasteiger charge is -2.14. The van der Waals surface area contributed by atoms with Crippen LogP contribution in [-0.4, -0.2) is 26.3 Å². The van der Waals surface area contributed by atoms with Gasteiger partial charge in [-0.25, -0.2) is 9.97 Å². The van der Waals surface area contributed by atoms with E-state index in [0.717, 1.165) is 45.1 Å². The van der Waals surface area contributed by atoms with Crippen molar-refractivity contribution in [3.63, 3.8) is 0 Å². The summed E-state index contributed by atoms with van der Waals surface area (Å²) < 4.78 is 2.96. The summed E-state index contributed by atoms with van der Waals surface area (Å²) in [7, 11) is 1.94. The van der Waals surface area contributed by atoms with Crippen molar-refractivity contribution in [3.05, 3.63) is 21.2 Å². The van der Waals surface area contributed by atoms with Crippen molar-refractivity contribution in [2.45, 2.75) is 40.0 Å². The lowest BCUT2D eigenvalue weighted by molar-refractivity contribution is 0.740. The molecule has 2 rings (SSSR count). The quantitative estimate of drug-likeness (QED) is 0.779. The van der Waals surface area contributed by atoms with E-state index in [2.05, 4.69) is 53.8 Å². The van der Waals surface area contributed by atoms with Gasteiger partial charge in [-0.05, 0) is 41.9 Å². The van der Waals surface area contributed by atoms with Gasteiger partial charge in [-0.15, -0.1) is 0 Å². The SMILES string of the molecule is CCCNc1nc(-c2cnn(C)c2C)nc(C(C)C)c1I. The molecule has 21 heavy (non-hydrogen) atoms. The number of hydrogen-bond acceptors (Lipinski definition) is 4. The normalized spacial score (nSPS) is 11.2. The fourth-order valence-corrected chi connectivity index (χ4v) is 3.10. The van der Waals surface area contributed by atoms with E-state index in [4.69, 9.17) is 9.97 Å². The minimum atomic E-state index is 0.359. The molecule has 2 aromatic rings. The molecule has 6 heteroatoms. The third kappa shape index (κ3) is 3.36. The standard InChI is InChI=1S/C15H22IN5/c1-6-7-17-15-12(16)13(9(2)3)19-14(20-15)11-8-18-21(5)10(11)4/h8-9H,6-7H2,1-5H3,(H,17,19,20). The van der Waals surface area contributed by atoms with Crippen LogP contribution in [0.1, 0.15) is 44.5 Å². The zero-order chi connectivity index (χ0) is 15.6. The number of rotatable bonds is 5. The molecule has 0 atom stereocenters. The number of anilines is 1. The molecule has 0 radical (unpaired) electrons. The lowest BCUT2D eigenvalue weighted by Crippen LogP contribution is -2.10. The average molecular weight is 399 g/mol. The van der Waals surface area contributed by atoms with E-state index in [1.54, 1.807) is 0 Å². The molecular weight excluding hydrogens is 377 g/mol. The van der Waals surface area contributed by atoms with Crippen molar-refractivity contribution in [2.24, 2.45) is 7.05 Å². The number of halogens is 1. The Bertz CT molecular complexity index is 633. The van der Waals surface area contributed by atoms with Gasteiger partial charge in [0.15, 0.2) is 5.82 Å². The second kappa shape index (κ2) is 6.72. The van der Waals surface area contributed by atoms with Gasteiger partial charge in [-0.3, -0.25) is 4.68 Å². The maximum absolute atomic E-state index is 4.77. The van der Waals surface area contributed by atoms with Crippen LogP contribution < -0.4 is 5.32 Å². The Kier molecular flexibility index (Phi) is 5.18. The maximum Gasteiger partial charge on any atom is 0.165 e. The molecule has 0 saturated carbocycles. The van der Waals surface area contributed by atoms with Gasteiger partial charge < -0.3 is 5.32 Å². The van der Waals surface area contributed by atoms with Crippen LogP contribution in [-0.2, 0) is 7.05 Å². The van der Waals surface area contributed by atoms with Crippen molar-refractivity contribution in [1.29, 1.82) is 0 Å². The average Bonchev–Trinajstić information content (AvgIpc) is 2.78. The van der Waals surface area contributed by atoms with Crippen LogP contribution in [0.15, 0.2) is 6.20 Å². The summed E-state index contributed by atoms with van der Waals surface area (Å²) in [5, 5.41) is 7.70. The van der Waals surface area contributed by atoms with Gasteiger partial charge in [0, 0.05) is 19.3 Å². The molecule has 2 heterocycles. The van der Waals surface area contributed by atoms with Crippen LogP contribution >= 0.6 is 22.6 Å².